The molecule has 1 fully saturated rings. The molecule has 1 atom stereocenters. The Kier molecular flexibility index (Phi) is 6.89. The maximum atomic E-state index is 13.5. The van der Waals surface area contributed by atoms with Gasteiger partial charge in [-0.1, -0.05) is 37.9 Å². The highest BCUT2D eigenvalue weighted by atomic mass is 32.2. The van der Waals surface area contributed by atoms with Crippen LogP contribution in [0.3, 0.4) is 0 Å². The molecule has 8 nitrogen and oxygen atoms in total. The van der Waals surface area contributed by atoms with Crippen LogP contribution >= 0.6 is 11.8 Å². The molecule has 1 saturated carbocycles. The number of amidine groups is 1. The molecule has 3 rings (SSSR count). The second-order valence-electron chi connectivity index (χ2n) is 7.26. The van der Waals surface area contributed by atoms with Gasteiger partial charge in [-0.15, -0.1) is 0 Å². The highest BCUT2D eigenvalue weighted by Gasteiger charge is 2.34. The minimum atomic E-state index is -0.685. The average molecular weight is 420 g/mol. The summed E-state index contributed by atoms with van der Waals surface area (Å²) in [5.41, 5.74) is -0.199. The minimum Gasteiger partial charge on any atom is -0.462 e. The van der Waals surface area contributed by atoms with Gasteiger partial charge in [-0.25, -0.2) is 4.79 Å². The second kappa shape index (κ2) is 9.39. The predicted octanol–water partition coefficient (Wildman–Crippen LogP) is 4.04. The van der Waals surface area contributed by atoms with Gasteiger partial charge < -0.3 is 4.74 Å². The monoisotopic (exact) mass is 419 g/mol. The topological polar surface area (TPSA) is 102 Å². The number of nitro groups is 1. The van der Waals surface area contributed by atoms with Crippen molar-refractivity contribution in [1.82, 2.24) is 4.90 Å². The Morgan fingerprint density at radius 1 is 1.24 bits per heavy atom. The van der Waals surface area contributed by atoms with Crippen molar-refractivity contribution in [1.29, 1.82) is 0 Å². The molecule has 0 bridgehead atoms. The fourth-order valence-corrected chi connectivity index (χ4v) is 4.66. The number of ether oxygens (including phenoxy) is 1. The first-order chi connectivity index (χ1) is 13.9. The fraction of sp³-hybridized carbons (Fsp3) is 0.550. The van der Waals surface area contributed by atoms with Crippen molar-refractivity contribution in [3.8, 4) is 0 Å². The van der Waals surface area contributed by atoms with Crippen LogP contribution in [0.4, 0.5) is 5.69 Å². The van der Waals surface area contributed by atoms with Crippen LogP contribution in [0.25, 0.3) is 0 Å². The molecule has 2 aliphatic rings. The van der Waals surface area contributed by atoms with E-state index in [1.807, 2.05) is 0 Å². The second-order valence-corrected chi connectivity index (χ2v) is 8.67. The van der Waals surface area contributed by atoms with Gasteiger partial charge in [0.1, 0.15) is 0 Å². The lowest BCUT2D eigenvalue weighted by atomic mass is 9.94. The summed E-state index contributed by atoms with van der Waals surface area (Å²) in [5, 5.41) is 12.3. The number of hydrogen-bond acceptors (Lipinski definition) is 7. The average Bonchev–Trinajstić information content (AvgIpc) is 3.14. The van der Waals surface area contributed by atoms with E-state index in [0.29, 0.717) is 11.7 Å². The van der Waals surface area contributed by atoms with Crippen LogP contribution in [-0.4, -0.2) is 51.3 Å². The van der Waals surface area contributed by atoms with Gasteiger partial charge in [-0.2, -0.15) is 0 Å². The predicted molar refractivity (Wildman–Crippen MR) is 111 cm³/mol. The number of rotatable bonds is 5. The van der Waals surface area contributed by atoms with Crippen LogP contribution in [0.5, 0.6) is 0 Å². The van der Waals surface area contributed by atoms with E-state index in [0.717, 1.165) is 38.2 Å². The number of nitro benzene ring substituents is 1. The molecule has 9 heteroatoms. The zero-order valence-corrected chi connectivity index (χ0v) is 17.4. The van der Waals surface area contributed by atoms with Crippen molar-refractivity contribution in [3.63, 3.8) is 0 Å². The summed E-state index contributed by atoms with van der Waals surface area (Å²) in [4.78, 5) is 42.7. The molecule has 0 unspecified atom stereocenters. The van der Waals surface area contributed by atoms with Crippen LogP contribution in [0.2, 0.25) is 0 Å². The van der Waals surface area contributed by atoms with Gasteiger partial charge >= 0.3 is 5.97 Å². The van der Waals surface area contributed by atoms with Crippen molar-refractivity contribution in [2.45, 2.75) is 57.2 Å². The number of benzene rings is 1. The molecule has 1 heterocycles. The fourth-order valence-electron chi connectivity index (χ4n) is 3.65. The van der Waals surface area contributed by atoms with Crippen LogP contribution in [0.1, 0.15) is 66.7 Å². The Morgan fingerprint density at radius 2 is 1.93 bits per heavy atom. The van der Waals surface area contributed by atoms with Crippen molar-refractivity contribution >= 4 is 34.5 Å². The Morgan fingerprint density at radius 3 is 2.52 bits per heavy atom. The normalized spacial score (nSPS) is 19.5. The van der Waals surface area contributed by atoms with Crippen LogP contribution < -0.4 is 0 Å². The van der Waals surface area contributed by atoms with Crippen LogP contribution in [0.15, 0.2) is 23.2 Å². The molecule has 1 aliphatic heterocycles. The number of carbonyl (C=O) groups is 2. The van der Waals surface area contributed by atoms with Gasteiger partial charge in [0.2, 0.25) is 0 Å². The lowest BCUT2D eigenvalue weighted by Crippen LogP contribution is -2.44. The van der Waals surface area contributed by atoms with E-state index >= 15 is 0 Å². The standard InChI is InChI=1S/C20H25N3O5S/c1-3-28-19(25)15-9-14(10-17(11-15)23(26)27)18(24)22(16-7-5-4-6-8-16)20-21-12-13(2)29-20/h9-11,13,16H,3-8,12H2,1-2H3/t13-/m0/s1. The zero-order valence-electron chi connectivity index (χ0n) is 16.6. The number of esters is 1. The van der Waals surface area contributed by atoms with Gasteiger partial charge in [0.05, 0.1) is 23.6 Å². The molecular formula is C20H25N3O5S. The molecule has 0 radical (unpaired) electrons. The van der Waals surface area contributed by atoms with Crippen molar-refractivity contribution in [2.24, 2.45) is 4.99 Å². The number of thioether (sulfide) groups is 1. The van der Waals surface area contributed by atoms with Gasteiger partial charge in [-0.3, -0.25) is 24.8 Å². The number of carbonyl (C=O) groups excluding carboxylic acids is 2. The first kappa shape index (κ1) is 21.3. The lowest BCUT2D eigenvalue weighted by Gasteiger charge is -2.34. The molecule has 0 N–H and O–H groups in total. The third kappa shape index (κ3) is 4.95. The molecule has 1 aromatic rings. The van der Waals surface area contributed by atoms with Crippen molar-refractivity contribution < 1.29 is 19.2 Å². The summed E-state index contributed by atoms with van der Waals surface area (Å²) < 4.78 is 4.97. The number of hydrogen-bond donors (Lipinski definition) is 0. The third-order valence-corrected chi connectivity index (χ3v) is 6.13. The van der Waals surface area contributed by atoms with E-state index in [9.17, 15) is 19.7 Å². The molecule has 29 heavy (non-hydrogen) atoms. The maximum Gasteiger partial charge on any atom is 0.338 e. The van der Waals surface area contributed by atoms with Crippen molar-refractivity contribution in [3.05, 3.63) is 39.4 Å². The molecule has 0 spiro atoms. The zero-order chi connectivity index (χ0) is 21.0. The number of amides is 1. The van der Waals surface area contributed by atoms with Gasteiger partial charge in [0.25, 0.3) is 11.6 Å². The van der Waals surface area contributed by atoms with E-state index < -0.39 is 10.9 Å². The molecule has 0 saturated heterocycles. The number of nitrogens with zero attached hydrogens (tertiary/aromatic N) is 3. The summed E-state index contributed by atoms with van der Waals surface area (Å²) in [5.74, 6) is -1.04. The van der Waals surface area contributed by atoms with Crippen LogP contribution in [-0.2, 0) is 4.74 Å². The molecular weight excluding hydrogens is 394 g/mol. The highest BCUT2D eigenvalue weighted by molar-refractivity contribution is 8.14. The first-order valence-corrected chi connectivity index (χ1v) is 10.8. The Labute approximate surface area is 173 Å². The summed E-state index contributed by atoms with van der Waals surface area (Å²) in [7, 11) is 0. The van der Waals surface area contributed by atoms with Gasteiger partial charge in [-0.05, 0) is 25.8 Å². The Balaban J connectivity index is 1.99. The summed E-state index contributed by atoms with van der Waals surface area (Å²) >= 11 is 1.55. The Hall–Kier alpha value is -2.42. The van der Waals surface area contributed by atoms with Gasteiger partial charge in [0, 0.05) is 29.0 Å². The SMILES string of the molecule is CCOC(=O)c1cc(C(=O)N(C2=NC[C@H](C)S2)C2CCCCC2)cc([N+](=O)[O-])c1. The molecule has 1 aromatic carbocycles. The van der Waals surface area contributed by atoms with E-state index in [1.165, 1.54) is 12.1 Å². The molecule has 156 valence electrons. The van der Waals surface area contributed by atoms with E-state index in [4.69, 9.17) is 4.74 Å². The first-order valence-electron chi connectivity index (χ1n) is 9.92. The Bertz CT molecular complexity index is 835. The van der Waals surface area contributed by atoms with E-state index in [1.54, 1.807) is 23.6 Å². The molecule has 1 amide bonds. The maximum absolute atomic E-state index is 13.5. The summed E-state index contributed by atoms with van der Waals surface area (Å²) in [6.45, 7) is 4.49. The van der Waals surface area contributed by atoms with Crippen LogP contribution in [0, 0.1) is 10.1 Å². The summed E-state index contributed by atoms with van der Waals surface area (Å²) in [6.07, 6.45) is 4.95. The molecule has 1 aliphatic carbocycles. The molecule has 0 aromatic heterocycles. The van der Waals surface area contributed by atoms with E-state index in [-0.39, 0.29) is 40.6 Å². The number of aliphatic imine (C=N–C) groups is 1. The number of non-ortho nitro benzene ring substituents is 1. The van der Waals surface area contributed by atoms with E-state index in [2.05, 4.69) is 11.9 Å². The van der Waals surface area contributed by atoms with Crippen molar-refractivity contribution in [2.75, 3.05) is 13.2 Å². The van der Waals surface area contributed by atoms with Gasteiger partial charge in [0.15, 0.2) is 5.17 Å². The highest BCUT2D eigenvalue weighted by Crippen LogP contribution is 2.32. The minimum absolute atomic E-state index is 0.00220. The lowest BCUT2D eigenvalue weighted by molar-refractivity contribution is -0.384. The summed E-state index contributed by atoms with van der Waals surface area (Å²) in [6, 6.07) is 3.76. The smallest absolute Gasteiger partial charge is 0.338 e. The quantitative estimate of drug-likeness (QED) is 0.405. The third-order valence-electron chi connectivity index (χ3n) is 5.04. The largest absolute Gasteiger partial charge is 0.462 e.